The van der Waals surface area contributed by atoms with Crippen LogP contribution in [0.4, 0.5) is 4.39 Å². The molecule has 3 nitrogen and oxygen atoms in total. The number of rotatable bonds is 4. The number of aryl methyl sites for hydroxylation is 1. The average Bonchev–Trinajstić information content (AvgIpc) is 2.45. The minimum atomic E-state index is -0.216. The van der Waals surface area contributed by atoms with Gasteiger partial charge in [-0.05, 0) is 43.4 Å². The van der Waals surface area contributed by atoms with Gasteiger partial charge in [0, 0.05) is 25.0 Å². The molecule has 118 valence electrons. The summed E-state index contributed by atoms with van der Waals surface area (Å²) in [6, 6.07) is 6.83. The van der Waals surface area contributed by atoms with Crippen molar-refractivity contribution < 1.29 is 9.18 Å². The van der Waals surface area contributed by atoms with Gasteiger partial charge < -0.3 is 10.6 Å². The minimum absolute atomic E-state index is 0. The van der Waals surface area contributed by atoms with Crippen LogP contribution in [-0.2, 0) is 11.2 Å². The van der Waals surface area contributed by atoms with Gasteiger partial charge in [-0.3, -0.25) is 4.79 Å². The van der Waals surface area contributed by atoms with Gasteiger partial charge in [0.25, 0.3) is 0 Å². The van der Waals surface area contributed by atoms with Gasteiger partial charge in [0.15, 0.2) is 0 Å². The van der Waals surface area contributed by atoms with Gasteiger partial charge in [-0.15, -0.1) is 12.4 Å². The van der Waals surface area contributed by atoms with E-state index < -0.39 is 0 Å². The summed E-state index contributed by atoms with van der Waals surface area (Å²) in [6.45, 7) is 3.49. The van der Waals surface area contributed by atoms with E-state index in [-0.39, 0.29) is 36.1 Å². The fourth-order valence-electron chi connectivity index (χ4n) is 2.63. The zero-order chi connectivity index (χ0) is 14.5. The third kappa shape index (κ3) is 5.29. The number of amides is 1. The van der Waals surface area contributed by atoms with Crippen molar-refractivity contribution in [2.45, 2.75) is 38.6 Å². The van der Waals surface area contributed by atoms with E-state index in [1.807, 2.05) is 17.9 Å². The lowest BCUT2D eigenvalue weighted by atomic mass is 9.98. The summed E-state index contributed by atoms with van der Waals surface area (Å²) in [5, 5.41) is 0. The maximum atomic E-state index is 13.1. The van der Waals surface area contributed by atoms with E-state index in [1.54, 1.807) is 6.07 Å². The van der Waals surface area contributed by atoms with Gasteiger partial charge in [0.1, 0.15) is 5.82 Å². The lowest BCUT2D eigenvalue weighted by Gasteiger charge is -2.32. The molecule has 2 rings (SSSR count). The third-order valence-corrected chi connectivity index (χ3v) is 4.03. The summed E-state index contributed by atoms with van der Waals surface area (Å²) in [6.07, 6.45) is 3.27. The molecule has 1 unspecified atom stereocenters. The summed E-state index contributed by atoms with van der Waals surface area (Å²) in [7, 11) is 0. The summed E-state index contributed by atoms with van der Waals surface area (Å²) >= 11 is 0. The van der Waals surface area contributed by atoms with Crippen molar-refractivity contribution in [1.82, 2.24) is 4.90 Å². The van der Waals surface area contributed by atoms with E-state index in [0.29, 0.717) is 0 Å². The summed E-state index contributed by atoms with van der Waals surface area (Å²) in [4.78, 5) is 14.2. The number of likely N-dealkylation sites (tertiary alicyclic amines) is 1. The Bertz CT molecular complexity index is 461. The molecule has 1 aromatic rings. The molecule has 0 spiro atoms. The maximum absolute atomic E-state index is 13.1. The molecular formula is C16H24ClFN2O. The standard InChI is InChI=1S/C16H23FN2O.ClH/c1-12(5-6-13-3-2-4-14(17)11-13)16(20)19-9-7-15(18)8-10-19;/h2-4,11-12,15H,5-10,18H2,1H3;1H. The van der Waals surface area contributed by atoms with Gasteiger partial charge in [-0.2, -0.15) is 0 Å². The van der Waals surface area contributed by atoms with Crippen LogP contribution in [0, 0.1) is 11.7 Å². The van der Waals surface area contributed by atoms with Gasteiger partial charge in [0.2, 0.25) is 5.91 Å². The highest BCUT2D eigenvalue weighted by atomic mass is 35.5. The quantitative estimate of drug-likeness (QED) is 0.929. The Morgan fingerprint density at radius 2 is 2.10 bits per heavy atom. The molecule has 1 aromatic carbocycles. The van der Waals surface area contributed by atoms with Crippen molar-refractivity contribution >= 4 is 18.3 Å². The normalized spacial score (nSPS) is 17.2. The highest BCUT2D eigenvalue weighted by molar-refractivity contribution is 5.85. The SMILES string of the molecule is CC(CCc1cccc(F)c1)C(=O)N1CCC(N)CC1.Cl. The molecule has 0 aromatic heterocycles. The third-order valence-electron chi connectivity index (χ3n) is 4.03. The van der Waals surface area contributed by atoms with Crippen LogP contribution >= 0.6 is 12.4 Å². The molecule has 21 heavy (non-hydrogen) atoms. The Hall–Kier alpha value is -1.13. The number of hydrogen-bond acceptors (Lipinski definition) is 2. The fourth-order valence-corrected chi connectivity index (χ4v) is 2.63. The highest BCUT2D eigenvalue weighted by Gasteiger charge is 2.24. The molecule has 1 heterocycles. The van der Waals surface area contributed by atoms with Crippen molar-refractivity contribution in [2.75, 3.05) is 13.1 Å². The molecule has 1 amide bonds. The molecular weight excluding hydrogens is 291 g/mol. The van der Waals surface area contributed by atoms with E-state index in [2.05, 4.69) is 0 Å². The first kappa shape index (κ1) is 17.9. The van der Waals surface area contributed by atoms with Crippen LogP contribution in [0.1, 0.15) is 31.7 Å². The second-order valence-corrected chi connectivity index (χ2v) is 5.73. The van der Waals surface area contributed by atoms with Gasteiger partial charge in [-0.25, -0.2) is 4.39 Å². The molecule has 1 fully saturated rings. The molecule has 0 bridgehead atoms. The predicted octanol–water partition coefficient (Wildman–Crippen LogP) is 2.77. The van der Waals surface area contributed by atoms with Crippen molar-refractivity contribution in [2.24, 2.45) is 11.7 Å². The van der Waals surface area contributed by atoms with Gasteiger partial charge in [-0.1, -0.05) is 19.1 Å². The van der Waals surface area contributed by atoms with Crippen molar-refractivity contribution in [3.05, 3.63) is 35.6 Å². The molecule has 1 atom stereocenters. The van der Waals surface area contributed by atoms with Crippen LogP contribution in [-0.4, -0.2) is 29.9 Å². The zero-order valence-electron chi connectivity index (χ0n) is 12.4. The number of carbonyl (C=O) groups is 1. The highest BCUT2D eigenvalue weighted by Crippen LogP contribution is 2.16. The van der Waals surface area contributed by atoms with E-state index in [0.717, 1.165) is 44.3 Å². The molecule has 1 aliphatic heterocycles. The van der Waals surface area contributed by atoms with Gasteiger partial charge >= 0.3 is 0 Å². The zero-order valence-corrected chi connectivity index (χ0v) is 13.2. The van der Waals surface area contributed by atoms with Crippen molar-refractivity contribution in [3.63, 3.8) is 0 Å². The first-order valence-corrected chi connectivity index (χ1v) is 7.35. The van der Waals surface area contributed by atoms with Crippen molar-refractivity contribution in [1.29, 1.82) is 0 Å². The van der Waals surface area contributed by atoms with Crippen LogP contribution in [0.15, 0.2) is 24.3 Å². The predicted molar refractivity (Wildman–Crippen MR) is 84.9 cm³/mol. The Labute approximate surface area is 132 Å². The lowest BCUT2D eigenvalue weighted by Crippen LogP contribution is -2.44. The summed E-state index contributed by atoms with van der Waals surface area (Å²) < 4.78 is 13.1. The molecule has 1 saturated heterocycles. The smallest absolute Gasteiger partial charge is 0.225 e. The monoisotopic (exact) mass is 314 g/mol. The van der Waals surface area contributed by atoms with E-state index in [9.17, 15) is 9.18 Å². The molecule has 2 N–H and O–H groups in total. The Morgan fingerprint density at radius 3 is 2.71 bits per heavy atom. The van der Waals surface area contributed by atoms with Crippen LogP contribution in [0.2, 0.25) is 0 Å². The largest absolute Gasteiger partial charge is 0.342 e. The number of halogens is 2. The topological polar surface area (TPSA) is 46.3 Å². The van der Waals surface area contributed by atoms with E-state index >= 15 is 0 Å². The number of carbonyl (C=O) groups excluding carboxylic acids is 1. The Kier molecular flexibility index (Phi) is 7.12. The molecule has 0 saturated carbocycles. The van der Waals surface area contributed by atoms with E-state index in [1.165, 1.54) is 12.1 Å². The minimum Gasteiger partial charge on any atom is -0.342 e. The van der Waals surface area contributed by atoms with E-state index in [4.69, 9.17) is 5.73 Å². The lowest BCUT2D eigenvalue weighted by molar-refractivity contribution is -0.136. The molecule has 0 aliphatic carbocycles. The van der Waals surface area contributed by atoms with Crippen LogP contribution < -0.4 is 5.73 Å². The molecule has 1 aliphatic rings. The second-order valence-electron chi connectivity index (χ2n) is 5.73. The first-order chi connectivity index (χ1) is 9.56. The first-order valence-electron chi connectivity index (χ1n) is 7.35. The van der Waals surface area contributed by atoms with Crippen LogP contribution in [0.5, 0.6) is 0 Å². The van der Waals surface area contributed by atoms with Gasteiger partial charge in [0.05, 0.1) is 0 Å². The summed E-state index contributed by atoms with van der Waals surface area (Å²) in [5.41, 5.74) is 6.80. The number of benzene rings is 1. The second kappa shape index (κ2) is 8.35. The molecule has 5 heteroatoms. The fraction of sp³-hybridized carbons (Fsp3) is 0.562. The average molecular weight is 315 g/mol. The Balaban J connectivity index is 0.00000220. The number of nitrogens with two attached hydrogens (primary N) is 1. The molecule has 0 radical (unpaired) electrons. The maximum Gasteiger partial charge on any atom is 0.225 e. The number of nitrogens with zero attached hydrogens (tertiary/aromatic N) is 1. The van der Waals surface area contributed by atoms with Crippen LogP contribution in [0.3, 0.4) is 0 Å². The van der Waals surface area contributed by atoms with Crippen molar-refractivity contribution in [3.8, 4) is 0 Å². The number of piperidine rings is 1. The Morgan fingerprint density at radius 1 is 1.43 bits per heavy atom. The van der Waals surface area contributed by atoms with Crippen LogP contribution in [0.25, 0.3) is 0 Å². The summed E-state index contributed by atoms with van der Waals surface area (Å²) in [5.74, 6) is -0.0348. The number of hydrogen-bond donors (Lipinski definition) is 1.